The fourth-order valence-electron chi connectivity index (χ4n) is 1.74. The topological polar surface area (TPSA) is 54.3 Å². The molecule has 102 valence electrons. The van der Waals surface area contributed by atoms with Crippen molar-refractivity contribution in [1.29, 1.82) is 0 Å². The fourth-order valence-corrected chi connectivity index (χ4v) is 1.74. The lowest BCUT2D eigenvalue weighted by atomic mass is 10.1. The first-order valence-electron chi connectivity index (χ1n) is 6.73. The van der Waals surface area contributed by atoms with Crippen molar-refractivity contribution in [3.8, 4) is 0 Å². The standard InChI is InChI=1S/C14H24N2O2/c1-4-11(3)16-14(17)8-9-15-12(5-2)13-7-6-10-18-13/h6-7,10-12,15H,4-5,8-9H2,1-3H3,(H,16,17). The van der Waals surface area contributed by atoms with Crippen LogP contribution in [0.1, 0.15) is 51.8 Å². The Morgan fingerprint density at radius 3 is 2.72 bits per heavy atom. The summed E-state index contributed by atoms with van der Waals surface area (Å²) in [6.07, 6.45) is 4.08. The molecule has 0 saturated carbocycles. The molecule has 0 bridgehead atoms. The Morgan fingerprint density at radius 1 is 1.39 bits per heavy atom. The first kappa shape index (κ1) is 14.8. The minimum atomic E-state index is 0.103. The van der Waals surface area contributed by atoms with Gasteiger partial charge in [-0.05, 0) is 31.9 Å². The minimum Gasteiger partial charge on any atom is -0.468 e. The van der Waals surface area contributed by atoms with Gasteiger partial charge in [0.1, 0.15) is 5.76 Å². The number of hydrogen-bond acceptors (Lipinski definition) is 3. The maximum Gasteiger partial charge on any atom is 0.221 e. The van der Waals surface area contributed by atoms with Gasteiger partial charge in [-0.1, -0.05) is 13.8 Å². The molecular formula is C14H24N2O2. The van der Waals surface area contributed by atoms with Gasteiger partial charge < -0.3 is 15.1 Å². The largest absolute Gasteiger partial charge is 0.468 e. The zero-order chi connectivity index (χ0) is 13.4. The summed E-state index contributed by atoms with van der Waals surface area (Å²) in [5.74, 6) is 1.03. The highest BCUT2D eigenvalue weighted by molar-refractivity contribution is 5.76. The van der Waals surface area contributed by atoms with Crippen LogP contribution in [-0.2, 0) is 4.79 Å². The number of rotatable bonds is 8. The van der Waals surface area contributed by atoms with Crippen molar-refractivity contribution in [2.75, 3.05) is 6.54 Å². The van der Waals surface area contributed by atoms with E-state index < -0.39 is 0 Å². The third-order valence-electron chi connectivity index (χ3n) is 3.06. The van der Waals surface area contributed by atoms with Crippen LogP contribution in [0.5, 0.6) is 0 Å². The van der Waals surface area contributed by atoms with Crippen LogP contribution >= 0.6 is 0 Å². The lowest BCUT2D eigenvalue weighted by molar-refractivity contribution is -0.121. The predicted molar refractivity (Wildman–Crippen MR) is 72.3 cm³/mol. The summed E-state index contributed by atoms with van der Waals surface area (Å²) in [5, 5.41) is 6.29. The Bertz CT molecular complexity index is 336. The number of furan rings is 1. The zero-order valence-corrected chi connectivity index (χ0v) is 11.5. The highest BCUT2D eigenvalue weighted by Crippen LogP contribution is 2.16. The van der Waals surface area contributed by atoms with Crippen LogP contribution in [0.4, 0.5) is 0 Å². The van der Waals surface area contributed by atoms with Gasteiger partial charge in [-0.15, -0.1) is 0 Å². The van der Waals surface area contributed by atoms with Gasteiger partial charge in [0.2, 0.25) is 5.91 Å². The summed E-state index contributed by atoms with van der Waals surface area (Å²) in [7, 11) is 0. The average molecular weight is 252 g/mol. The molecule has 1 rings (SSSR count). The summed E-state index contributed by atoms with van der Waals surface area (Å²) in [4.78, 5) is 11.6. The summed E-state index contributed by atoms with van der Waals surface area (Å²) < 4.78 is 5.36. The van der Waals surface area contributed by atoms with Gasteiger partial charge in [0.15, 0.2) is 0 Å². The maximum atomic E-state index is 11.6. The number of nitrogens with one attached hydrogen (secondary N) is 2. The predicted octanol–water partition coefficient (Wildman–Crippen LogP) is 2.63. The van der Waals surface area contributed by atoms with E-state index in [-0.39, 0.29) is 18.0 Å². The molecule has 0 aliphatic carbocycles. The van der Waals surface area contributed by atoms with E-state index in [1.807, 2.05) is 19.1 Å². The normalized spacial score (nSPS) is 14.2. The van der Waals surface area contributed by atoms with E-state index in [9.17, 15) is 4.79 Å². The minimum absolute atomic E-state index is 0.103. The molecule has 1 aromatic heterocycles. The van der Waals surface area contributed by atoms with Crippen LogP contribution in [0.3, 0.4) is 0 Å². The summed E-state index contributed by atoms with van der Waals surface area (Å²) in [5.41, 5.74) is 0. The second-order valence-corrected chi connectivity index (χ2v) is 4.56. The molecule has 1 heterocycles. The third-order valence-corrected chi connectivity index (χ3v) is 3.06. The van der Waals surface area contributed by atoms with E-state index in [1.165, 1.54) is 0 Å². The molecule has 2 atom stereocenters. The van der Waals surface area contributed by atoms with Crippen molar-refractivity contribution in [1.82, 2.24) is 10.6 Å². The van der Waals surface area contributed by atoms with Crippen LogP contribution in [0, 0.1) is 0 Å². The quantitative estimate of drug-likeness (QED) is 0.748. The van der Waals surface area contributed by atoms with E-state index in [0.29, 0.717) is 13.0 Å². The number of carbonyl (C=O) groups excluding carboxylic acids is 1. The maximum absolute atomic E-state index is 11.6. The van der Waals surface area contributed by atoms with Gasteiger partial charge in [-0.25, -0.2) is 0 Å². The average Bonchev–Trinajstić information content (AvgIpc) is 2.88. The molecule has 0 saturated heterocycles. The second kappa shape index (κ2) is 7.93. The Morgan fingerprint density at radius 2 is 2.17 bits per heavy atom. The summed E-state index contributed by atoms with van der Waals surface area (Å²) in [6.45, 7) is 6.84. The second-order valence-electron chi connectivity index (χ2n) is 4.56. The molecule has 0 spiro atoms. The Labute approximate surface area is 109 Å². The van der Waals surface area contributed by atoms with Gasteiger partial charge in [0, 0.05) is 19.0 Å². The Balaban J connectivity index is 2.26. The van der Waals surface area contributed by atoms with Crippen molar-refractivity contribution in [3.05, 3.63) is 24.2 Å². The molecule has 18 heavy (non-hydrogen) atoms. The van der Waals surface area contributed by atoms with Crippen molar-refractivity contribution in [3.63, 3.8) is 0 Å². The number of amides is 1. The van der Waals surface area contributed by atoms with E-state index in [4.69, 9.17) is 4.42 Å². The molecule has 0 aromatic carbocycles. The highest BCUT2D eigenvalue weighted by Gasteiger charge is 2.12. The van der Waals surface area contributed by atoms with Gasteiger partial charge in [0.25, 0.3) is 0 Å². The summed E-state index contributed by atoms with van der Waals surface area (Å²) in [6, 6.07) is 4.29. The van der Waals surface area contributed by atoms with Crippen molar-refractivity contribution < 1.29 is 9.21 Å². The lowest BCUT2D eigenvalue weighted by Gasteiger charge is -2.15. The molecular weight excluding hydrogens is 228 g/mol. The molecule has 1 aromatic rings. The van der Waals surface area contributed by atoms with Crippen LogP contribution in [0.2, 0.25) is 0 Å². The van der Waals surface area contributed by atoms with E-state index in [0.717, 1.165) is 18.6 Å². The van der Waals surface area contributed by atoms with Gasteiger partial charge >= 0.3 is 0 Å². The summed E-state index contributed by atoms with van der Waals surface area (Å²) >= 11 is 0. The molecule has 2 unspecified atom stereocenters. The molecule has 0 radical (unpaired) electrons. The van der Waals surface area contributed by atoms with Gasteiger partial charge in [-0.3, -0.25) is 4.79 Å². The Hall–Kier alpha value is -1.29. The van der Waals surface area contributed by atoms with Crippen LogP contribution in [0.15, 0.2) is 22.8 Å². The van der Waals surface area contributed by atoms with Crippen LogP contribution in [-0.4, -0.2) is 18.5 Å². The molecule has 1 amide bonds. The first-order valence-corrected chi connectivity index (χ1v) is 6.73. The Kier molecular flexibility index (Phi) is 6.50. The smallest absolute Gasteiger partial charge is 0.221 e. The molecule has 4 heteroatoms. The van der Waals surface area contributed by atoms with E-state index >= 15 is 0 Å². The van der Waals surface area contributed by atoms with Gasteiger partial charge in [-0.2, -0.15) is 0 Å². The van der Waals surface area contributed by atoms with Crippen molar-refractivity contribution >= 4 is 5.91 Å². The third kappa shape index (κ3) is 4.92. The molecule has 0 aliphatic heterocycles. The fraction of sp³-hybridized carbons (Fsp3) is 0.643. The zero-order valence-electron chi connectivity index (χ0n) is 11.5. The molecule has 0 aliphatic rings. The molecule has 0 fully saturated rings. The van der Waals surface area contributed by atoms with Gasteiger partial charge in [0.05, 0.1) is 12.3 Å². The van der Waals surface area contributed by atoms with Crippen molar-refractivity contribution in [2.45, 2.75) is 52.1 Å². The van der Waals surface area contributed by atoms with E-state index in [1.54, 1.807) is 6.26 Å². The van der Waals surface area contributed by atoms with Crippen LogP contribution in [0.25, 0.3) is 0 Å². The molecule has 4 nitrogen and oxygen atoms in total. The first-order chi connectivity index (χ1) is 8.67. The SMILES string of the molecule is CCC(C)NC(=O)CCNC(CC)c1ccco1. The monoisotopic (exact) mass is 252 g/mol. The lowest BCUT2D eigenvalue weighted by Crippen LogP contribution is -2.34. The van der Waals surface area contributed by atoms with E-state index in [2.05, 4.69) is 24.5 Å². The number of hydrogen-bond donors (Lipinski definition) is 2. The van der Waals surface area contributed by atoms with Crippen LogP contribution < -0.4 is 10.6 Å². The highest BCUT2D eigenvalue weighted by atomic mass is 16.3. The van der Waals surface area contributed by atoms with Crippen molar-refractivity contribution in [2.24, 2.45) is 0 Å². The molecule has 2 N–H and O–H groups in total. The number of carbonyl (C=O) groups is 1.